The maximum absolute atomic E-state index is 13.4. The van der Waals surface area contributed by atoms with E-state index in [0.717, 1.165) is 28.0 Å². The second-order valence-electron chi connectivity index (χ2n) is 7.87. The standard InChI is InChI=1S/C24H22ClN5O2/c1-14-22-17(23(29(2)28-22)15-5-7-21(32-3)18(25)12-15)8-11-30(14)24(31)16-4-6-19-20(13-16)27-10-9-26-19/h4-7,9-10,12-14H,8,11H2,1-3H3. The molecule has 162 valence electrons. The van der Waals surface area contributed by atoms with Crippen LogP contribution in [0.25, 0.3) is 22.3 Å². The number of carbonyl (C=O) groups excluding carboxylic acids is 1. The van der Waals surface area contributed by atoms with E-state index in [4.69, 9.17) is 21.4 Å². The largest absolute Gasteiger partial charge is 0.495 e. The number of ether oxygens (including phenoxy) is 1. The predicted molar refractivity (Wildman–Crippen MR) is 123 cm³/mol. The van der Waals surface area contributed by atoms with Gasteiger partial charge in [-0.3, -0.25) is 19.4 Å². The molecule has 1 amide bonds. The number of aromatic nitrogens is 4. The molecule has 8 heteroatoms. The summed E-state index contributed by atoms with van der Waals surface area (Å²) in [6.07, 6.45) is 3.99. The van der Waals surface area contributed by atoms with Crippen LogP contribution in [0.1, 0.15) is 34.6 Å². The van der Waals surface area contributed by atoms with E-state index in [1.54, 1.807) is 25.6 Å². The fourth-order valence-corrected chi connectivity index (χ4v) is 4.72. The highest BCUT2D eigenvalue weighted by Crippen LogP contribution is 2.38. The summed E-state index contributed by atoms with van der Waals surface area (Å²) in [7, 11) is 3.52. The molecule has 0 saturated heterocycles. The van der Waals surface area contributed by atoms with Gasteiger partial charge in [-0.2, -0.15) is 5.10 Å². The first-order valence-corrected chi connectivity index (χ1v) is 10.8. The molecule has 0 radical (unpaired) electrons. The minimum Gasteiger partial charge on any atom is -0.495 e. The van der Waals surface area contributed by atoms with Gasteiger partial charge in [0.1, 0.15) is 5.75 Å². The second-order valence-corrected chi connectivity index (χ2v) is 8.28. The smallest absolute Gasteiger partial charge is 0.254 e. The molecule has 0 spiro atoms. The highest BCUT2D eigenvalue weighted by Gasteiger charge is 2.33. The molecule has 3 heterocycles. The average Bonchev–Trinajstić information content (AvgIpc) is 3.15. The summed E-state index contributed by atoms with van der Waals surface area (Å²) in [5, 5.41) is 5.34. The summed E-state index contributed by atoms with van der Waals surface area (Å²) >= 11 is 6.37. The molecular formula is C24H22ClN5O2. The fourth-order valence-electron chi connectivity index (χ4n) is 4.46. The number of amides is 1. The van der Waals surface area contributed by atoms with Crippen LogP contribution in [0.15, 0.2) is 48.8 Å². The van der Waals surface area contributed by atoms with Crippen LogP contribution < -0.4 is 4.74 Å². The highest BCUT2D eigenvalue weighted by molar-refractivity contribution is 6.32. The number of halogens is 1. The quantitative estimate of drug-likeness (QED) is 0.464. The van der Waals surface area contributed by atoms with Gasteiger partial charge >= 0.3 is 0 Å². The van der Waals surface area contributed by atoms with Crippen molar-refractivity contribution in [3.63, 3.8) is 0 Å². The van der Waals surface area contributed by atoms with Crippen LogP contribution >= 0.6 is 11.6 Å². The molecule has 0 N–H and O–H groups in total. The topological polar surface area (TPSA) is 73.1 Å². The van der Waals surface area contributed by atoms with Crippen LogP contribution in [0.2, 0.25) is 5.02 Å². The van der Waals surface area contributed by atoms with E-state index in [0.29, 0.717) is 34.8 Å². The van der Waals surface area contributed by atoms with Crippen molar-refractivity contribution in [2.24, 2.45) is 7.05 Å². The van der Waals surface area contributed by atoms with Crippen molar-refractivity contribution in [2.45, 2.75) is 19.4 Å². The molecule has 2 aromatic carbocycles. The van der Waals surface area contributed by atoms with Gasteiger partial charge in [0.15, 0.2) is 0 Å². The Kier molecular flexibility index (Phi) is 5.06. The van der Waals surface area contributed by atoms with E-state index in [-0.39, 0.29) is 11.9 Å². The Bertz CT molecular complexity index is 1350. The Hall–Kier alpha value is -3.45. The normalized spacial score (nSPS) is 15.6. The van der Waals surface area contributed by atoms with Crippen LogP contribution in [0.5, 0.6) is 5.75 Å². The van der Waals surface area contributed by atoms with E-state index in [2.05, 4.69) is 9.97 Å². The Morgan fingerprint density at radius 3 is 2.66 bits per heavy atom. The number of aryl methyl sites for hydroxylation is 1. The van der Waals surface area contributed by atoms with Crippen molar-refractivity contribution in [2.75, 3.05) is 13.7 Å². The number of methoxy groups -OCH3 is 1. The molecule has 0 saturated carbocycles. The number of carbonyl (C=O) groups is 1. The third-order valence-electron chi connectivity index (χ3n) is 6.04. The Morgan fingerprint density at radius 2 is 1.91 bits per heavy atom. The van der Waals surface area contributed by atoms with E-state index < -0.39 is 0 Å². The Labute approximate surface area is 190 Å². The van der Waals surface area contributed by atoms with E-state index in [1.165, 1.54) is 0 Å². The predicted octanol–water partition coefficient (Wildman–Crippen LogP) is 4.45. The minimum absolute atomic E-state index is 0.0320. The van der Waals surface area contributed by atoms with Gasteiger partial charge < -0.3 is 9.64 Å². The summed E-state index contributed by atoms with van der Waals surface area (Å²) in [6, 6.07) is 11.0. The maximum Gasteiger partial charge on any atom is 0.254 e. The summed E-state index contributed by atoms with van der Waals surface area (Å²) in [5.74, 6) is 0.604. The van der Waals surface area contributed by atoms with Crippen LogP contribution in [0.3, 0.4) is 0 Å². The van der Waals surface area contributed by atoms with Crippen LogP contribution in [0.4, 0.5) is 0 Å². The fraction of sp³-hybridized carbons (Fsp3) is 0.250. The number of hydrogen-bond acceptors (Lipinski definition) is 5. The molecule has 4 aromatic rings. The van der Waals surface area contributed by atoms with Gasteiger partial charge in [-0.1, -0.05) is 11.6 Å². The molecule has 0 bridgehead atoms. The zero-order valence-electron chi connectivity index (χ0n) is 18.0. The Morgan fingerprint density at radius 1 is 1.12 bits per heavy atom. The van der Waals surface area contributed by atoms with Gasteiger partial charge in [0, 0.05) is 42.7 Å². The summed E-state index contributed by atoms with van der Waals surface area (Å²) in [5.41, 5.74) is 6.14. The van der Waals surface area contributed by atoms with E-state index >= 15 is 0 Å². The van der Waals surface area contributed by atoms with E-state index in [9.17, 15) is 4.79 Å². The first-order valence-electron chi connectivity index (χ1n) is 10.4. The molecule has 2 aromatic heterocycles. The lowest BCUT2D eigenvalue weighted by molar-refractivity contribution is 0.0674. The first-order chi connectivity index (χ1) is 15.5. The monoisotopic (exact) mass is 447 g/mol. The van der Waals surface area contributed by atoms with Gasteiger partial charge in [0.05, 0.1) is 40.6 Å². The van der Waals surface area contributed by atoms with E-state index in [1.807, 2.05) is 53.9 Å². The van der Waals surface area contributed by atoms with Crippen molar-refractivity contribution in [3.8, 4) is 17.0 Å². The molecule has 0 fully saturated rings. The number of benzene rings is 2. The summed E-state index contributed by atoms with van der Waals surface area (Å²) in [4.78, 5) is 23.8. The van der Waals surface area contributed by atoms with Gasteiger partial charge in [0.2, 0.25) is 0 Å². The van der Waals surface area contributed by atoms with Crippen molar-refractivity contribution >= 4 is 28.5 Å². The lowest BCUT2D eigenvalue weighted by Crippen LogP contribution is -2.38. The maximum atomic E-state index is 13.4. The lowest BCUT2D eigenvalue weighted by Gasteiger charge is -2.33. The lowest BCUT2D eigenvalue weighted by atomic mass is 9.95. The third-order valence-corrected chi connectivity index (χ3v) is 6.34. The van der Waals surface area contributed by atoms with Gasteiger partial charge in [-0.25, -0.2) is 0 Å². The van der Waals surface area contributed by atoms with Gasteiger partial charge in [-0.05, 0) is 49.7 Å². The summed E-state index contributed by atoms with van der Waals surface area (Å²) in [6.45, 7) is 2.63. The molecule has 1 atom stereocenters. The average molecular weight is 448 g/mol. The van der Waals surface area contributed by atoms with Gasteiger partial charge in [-0.15, -0.1) is 0 Å². The molecular weight excluding hydrogens is 426 g/mol. The second kappa shape index (κ2) is 7.91. The number of rotatable bonds is 3. The first kappa shape index (κ1) is 20.5. The van der Waals surface area contributed by atoms with Crippen LogP contribution in [0, 0.1) is 0 Å². The van der Waals surface area contributed by atoms with Gasteiger partial charge in [0.25, 0.3) is 5.91 Å². The number of nitrogens with zero attached hydrogens (tertiary/aromatic N) is 5. The molecule has 1 unspecified atom stereocenters. The van der Waals surface area contributed by atoms with Crippen LogP contribution in [-0.2, 0) is 13.5 Å². The molecule has 1 aliphatic heterocycles. The van der Waals surface area contributed by atoms with Crippen LogP contribution in [-0.4, -0.2) is 44.2 Å². The molecule has 32 heavy (non-hydrogen) atoms. The van der Waals surface area contributed by atoms with Crippen molar-refractivity contribution in [3.05, 3.63) is 70.6 Å². The molecule has 0 aliphatic carbocycles. The minimum atomic E-state index is -0.155. The van der Waals surface area contributed by atoms with Crippen molar-refractivity contribution in [1.82, 2.24) is 24.6 Å². The molecule has 5 rings (SSSR count). The Balaban J connectivity index is 1.48. The molecule has 1 aliphatic rings. The number of hydrogen-bond donors (Lipinski definition) is 0. The number of fused-ring (bicyclic) bond motifs is 2. The zero-order valence-corrected chi connectivity index (χ0v) is 18.8. The third kappa shape index (κ3) is 3.29. The summed E-state index contributed by atoms with van der Waals surface area (Å²) < 4.78 is 7.15. The van der Waals surface area contributed by atoms with Crippen molar-refractivity contribution < 1.29 is 9.53 Å². The zero-order chi connectivity index (χ0) is 22.4. The highest BCUT2D eigenvalue weighted by atomic mass is 35.5. The van der Waals surface area contributed by atoms with Crippen molar-refractivity contribution in [1.29, 1.82) is 0 Å². The SMILES string of the molecule is COc1ccc(-c2c3c(nn2C)C(C)N(C(=O)c2ccc4nccnc4c2)CC3)cc1Cl. The molecule has 7 nitrogen and oxygen atoms in total.